The maximum Gasteiger partial charge on any atom is 0.315 e. The van der Waals surface area contributed by atoms with E-state index < -0.39 is 24.0 Å². The fourth-order valence-corrected chi connectivity index (χ4v) is 2.95. The van der Waals surface area contributed by atoms with Crippen molar-refractivity contribution in [1.29, 1.82) is 0 Å². The van der Waals surface area contributed by atoms with Gasteiger partial charge < -0.3 is 20.5 Å². The summed E-state index contributed by atoms with van der Waals surface area (Å²) in [5, 5.41) is 16.2. The number of amides is 2. The molecule has 6 nitrogen and oxygen atoms in total. The molecule has 2 atom stereocenters. The number of aliphatic hydroxyl groups is 1. The third kappa shape index (κ3) is 6.17. The number of carbonyl (C=O) groups excluding carboxylic acids is 1. The summed E-state index contributed by atoms with van der Waals surface area (Å²) in [5.41, 5.74) is 0.971. The Morgan fingerprint density at radius 2 is 1.93 bits per heavy atom. The molecule has 3 aromatic rings. The normalized spacial score (nSPS) is 12.7. The second kappa shape index (κ2) is 10.0. The van der Waals surface area contributed by atoms with Crippen molar-refractivity contribution >= 4 is 17.6 Å². The molecular weight excluding hydrogens is 409 g/mol. The molecule has 0 spiro atoms. The minimum absolute atomic E-state index is 0.154. The molecule has 0 saturated heterocycles. The molecule has 0 saturated carbocycles. The Morgan fingerprint density at radius 1 is 1.17 bits per heavy atom. The fraction of sp³-hybridized carbons (Fsp3) is 0.182. The second-order valence-corrected chi connectivity index (χ2v) is 7.09. The van der Waals surface area contributed by atoms with Crippen LogP contribution in [0.25, 0.3) is 0 Å². The Kier molecular flexibility index (Phi) is 7.21. The third-order valence-corrected chi connectivity index (χ3v) is 4.51. The van der Waals surface area contributed by atoms with Gasteiger partial charge >= 0.3 is 6.03 Å². The molecule has 0 fully saturated rings. The molecule has 156 valence electrons. The van der Waals surface area contributed by atoms with Crippen molar-refractivity contribution in [3.63, 3.8) is 0 Å². The van der Waals surface area contributed by atoms with Gasteiger partial charge in [0.2, 0.25) is 0 Å². The molecule has 2 unspecified atom stereocenters. The molecule has 30 heavy (non-hydrogen) atoms. The van der Waals surface area contributed by atoms with Crippen LogP contribution in [0.4, 0.5) is 9.18 Å². The maximum atomic E-state index is 13.3. The standard InChI is InChI=1S/C22H21ClFN3O3/c1-14(21(28)15-4-2-6-17(24)10-15)27-22(29)26-13-18-12-20(8-9-25-18)30-19-7-3-5-16(23)11-19/h2-12,14,21,28H,13H2,1H3,(H2,26,27,29). The van der Waals surface area contributed by atoms with Gasteiger partial charge in [0.05, 0.1) is 24.4 Å². The van der Waals surface area contributed by atoms with Crippen LogP contribution in [0.3, 0.4) is 0 Å². The Morgan fingerprint density at radius 3 is 2.70 bits per heavy atom. The topological polar surface area (TPSA) is 83.5 Å². The molecular formula is C22H21ClFN3O3. The Balaban J connectivity index is 1.53. The Bertz CT molecular complexity index is 1020. The van der Waals surface area contributed by atoms with Gasteiger partial charge in [-0.3, -0.25) is 4.98 Å². The lowest BCUT2D eigenvalue weighted by molar-refractivity contribution is 0.137. The third-order valence-electron chi connectivity index (χ3n) is 4.27. The van der Waals surface area contributed by atoms with Crippen LogP contribution in [0.5, 0.6) is 11.5 Å². The monoisotopic (exact) mass is 429 g/mol. The minimum atomic E-state index is -1.04. The number of aliphatic hydroxyl groups excluding tert-OH is 1. The van der Waals surface area contributed by atoms with E-state index in [1.54, 1.807) is 55.6 Å². The van der Waals surface area contributed by atoms with E-state index in [2.05, 4.69) is 15.6 Å². The predicted molar refractivity (Wildman–Crippen MR) is 112 cm³/mol. The fourth-order valence-electron chi connectivity index (χ4n) is 2.77. The lowest BCUT2D eigenvalue weighted by Gasteiger charge is -2.21. The molecule has 3 rings (SSSR count). The maximum absolute atomic E-state index is 13.3. The van der Waals surface area contributed by atoms with Crippen molar-refractivity contribution in [2.75, 3.05) is 0 Å². The summed E-state index contributed by atoms with van der Waals surface area (Å²) in [5.74, 6) is 0.694. The smallest absolute Gasteiger partial charge is 0.315 e. The zero-order valence-electron chi connectivity index (χ0n) is 16.2. The zero-order chi connectivity index (χ0) is 21.5. The molecule has 0 aliphatic heterocycles. The van der Waals surface area contributed by atoms with Crippen LogP contribution < -0.4 is 15.4 Å². The van der Waals surface area contributed by atoms with Crippen molar-refractivity contribution in [2.45, 2.75) is 25.6 Å². The van der Waals surface area contributed by atoms with E-state index in [9.17, 15) is 14.3 Å². The van der Waals surface area contributed by atoms with Gasteiger partial charge in [-0.25, -0.2) is 9.18 Å². The van der Waals surface area contributed by atoms with Gasteiger partial charge in [0, 0.05) is 17.3 Å². The average molecular weight is 430 g/mol. The quantitative estimate of drug-likeness (QED) is 0.513. The van der Waals surface area contributed by atoms with E-state index in [-0.39, 0.29) is 6.54 Å². The number of hydrogen-bond donors (Lipinski definition) is 3. The summed E-state index contributed by atoms with van der Waals surface area (Å²) in [6.07, 6.45) is 0.532. The SMILES string of the molecule is CC(NC(=O)NCc1cc(Oc2cccc(Cl)c2)ccn1)C(O)c1cccc(F)c1. The van der Waals surface area contributed by atoms with Crippen molar-refractivity contribution in [3.8, 4) is 11.5 Å². The van der Waals surface area contributed by atoms with Gasteiger partial charge in [0.1, 0.15) is 17.3 Å². The number of halogens is 2. The highest BCUT2D eigenvalue weighted by molar-refractivity contribution is 6.30. The molecule has 8 heteroatoms. The van der Waals surface area contributed by atoms with E-state index in [1.165, 1.54) is 18.2 Å². The van der Waals surface area contributed by atoms with Gasteiger partial charge in [0.15, 0.2) is 0 Å². The van der Waals surface area contributed by atoms with Crippen LogP contribution >= 0.6 is 11.6 Å². The first-order chi connectivity index (χ1) is 14.4. The van der Waals surface area contributed by atoms with Crippen molar-refractivity contribution in [3.05, 3.63) is 89.0 Å². The molecule has 0 aliphatic carbocycles. The van der Waals surface area contributed by atoms with Crippen molar-refractivity contribution < 1.29 is 19.0 Å². The van der Waals surface area contributed by atoms with Crippen molar-refractivity contribution in [1.82, 2.24) is 15.6 Å². The first-order valence-electron chi connectivity index (χ1n) is 9.27. The first kappa shape index (κ1) is 21.5. The Hall–Kier alpha value is -3.16. The summed E-state index contributed by atoms with van der Waals surface area (Å²) in [7, 11) is 0. The van der Waals surface area contributed by atoms with E-state index in [0.717, 1.165) is 0 Å². The lowest BCUT2D eigenvalue weighted by atomic mass is 10.0. The summed E-state index contributed by atoms with van der Waals surface area (Å²) in [4.78, 5) is 16.4. The summed E-state index contributed by atoms with van der Waals surface area (Å²) in [6, 6.07) is 14.9. The number of carbonyl (C=O) groups is 1. The summed E-state index contributed by atoms with van der Waals surface area (Å²) in [6.45, 7) is 1.79. The highest BCUT2D eigenvalue weighted by Gasteiger charge is 2.18. The van der Waals surface area contributed by atoms with Crippen LogP contribution in [0.15, 0.2) is 66.9 Å². The van der Waals surface area contributed by atoms with Crippen LogP contribution in [0.1, 0.15) is 24.3 Å². The molecule has 0 aliphatic rings. The molecule has 2 amide bonds. The number of urea groups is 1. The van der Waals surface area contributed by atoms with Gasteiger partial charge in [-0.15, -0.1) is 0 Å². The minimum Gasteiger partial charge on any atom is -0.457 e. The number of nitrogens with zero attached hydrogens (tertiary/aromatic N) is 1. The Labute approximate surface area is 178 Å². The second-order valence-electron chi connectivity index (χ2n) is 6.66. The van der Waals surface area contributed by atoms with Crippen LogP contribution in [0.2, 0.25) is 5.02 Å². The van der Waals surface area contributed by atoms with E-state index in [1.807, 2.05) is 0 Å². The average Bonchev–Trinajstić information content (AvgIpc) is 2.72. The van der Waals surface area contributed by atoms with Gasteiger partial charge in [-0.05, 0) is 48.9 Å². The number of ether oxygens (including phenoxy) is 1. The van der Waals surface area contributed by atoms with Crippen LogP contribution in [-0.4, -0.2) is 22.2 Å². The predicted octanol–water partition coefficient (Wildman–Crippen LogP) is 4.59. The molecule has 1 heterocycles. The van der Waals surface area contributed by atoms with Crippen LogP contribution in [-0.2, 0) is 6.54 Å². The first-order valence-corrected chi connectivity index (χ1v) is 9.65. The number of rotatable bonds is 7. The van der Waals surface area contributed by atoms with E-state index in [4.69, 9.17) is 16.3 Å². The highest BCUT2D eigenvalue weighted by Crippen LogP contribution is 2.24. The van der Waals surface area contributed by atoms with E-state index >= 15 is 0 Å². The highest BCUT2D eigenvalue weighted by atomic mass is 35.5. The van der Waals surface area contributed by atoms with Gasteiger partial charge in [0.25, 0.3) is 0 Å². The number of aromatic nitrogens is 1. The van der Waals surface area contributed by atoms with Gasteiger partial charge in [-0.1, -0.05) is 29.8 Å². The van der Waals surface area contributed by atoms with Crippen molar-refractivity contribution in [2.24, 2.45) is 0 Å². The molecule has 0 bridgehead atoms. The molecule has 1 aromatic heterocycles. The van der Waals surface area contributed by atoms with E-state index in [0.29, 0.717) is 27.8 Å². The number of pyridine rings is 1. The molecule has 3 N–H and O–H groups in total. The molecule has 2 aromatic carbocycles. The molecule has 0 radical (unpaired) electrons. The number of hydrogen-bond acceptors (Lipinski definition) is 4. The van der Waals surface area contributed by atoms with Gasteiger partial charge in [-0.2, -0.15) is 0 Å². The number of nitrogens with one attached hydrogen (secondary N) is 2. The zero-order valence-corrected chi connectivity index (χ0v) is 16.9. The summed E-state index contributed by atoms with van der Waals surface area (Å²) >= 11 is 5.95. The summed E-state index contributed by atoms with van der Waals surface area (Å²) < 4.78 is 19.1. The lowest BCUT2D eigenvalue weighted by Crippen LogP contribution is -2.43. The van der Waals surface area contributed by atoms with Crippen LogP contribution in [0, 0.1) is 5.82 Å². The number of benzene rings is 2. The largest absolute Gasteiger partial charge is 0.457 e.